The number of aromatic nitrogens is 1. The zero-order valence-corrected chi connectivity index (χ0v) is 10.6. The van der Waals surface area contributed by atoms with Crippen LogP contribution in [-0.4, -0.2) is 10.1 Å². The Morgan fingerprint density at radius 1 is 1.25 bits per heavy atom. The SMILES string of the molecule is CC(C)(O)c1nc(-c2ccc(Cl)cc2)cs1. The van der Waals surface area contributed by atoms with Crippen molar-refractivity contribution in [1.29, 1.82) is 0 Å². The fourth-order valence-electron chi connectivity index (χ4n) is 1.31. The van der Waals surface area contributed by atoms with Gasteiger partial charge in [-0.05, 0) is 26.0 Å². The van der Waals surface area contributed by atoms with Crippen LogP contribution in [0.25, 0.3) is 11.3 Å². The summed E-state index contributed by atoms with van der Waals surface area (Å²) in [6, 6.07) is 7.51. The highest BCUT2D eigenvalue weighted by atomic mass is 35.5. The van der Waals surface area contributed by atoms with Crippen LogP contribution in [0.15, 0.2) is 29.6 Å². The molecule has 4 heteroatoms. The van der Waals surface area contributed by atoms with Gasteiger partial charge in [0.25, 0.3) is 0 Å². The zero-order valence-electron chi connectivity index (χ0n) is 9.07. The zero-order chi connectivity index (χ0) is 11.8. The van der Waals surface area contributed by atoms with E-state index in [1.807, 2.05) is 29.6 Å². The molecule has 0 saturated carbocycles. The van der Waals surface area contributed by atoms with Gasteiger partial charge in [-0.1, -0.05) is 23.7 Å². The molecule has 0 amide bonds. The molecular weight excluding hydrogens is 242 g/mol. The highest BCUT2D eigenvalue weighted by molar-refractivity contribution is 7.10. The average Bonchev–Trinajstić information content (AvgIpc) is 2.67. The van der Waals surface area contributed by atoms with Gasteiger partial charge in [0, 0.05) is 16.0 Å². The summed E-state index contributed by atoms with van der Waals surface area (Å²) < 4.78 is 0. The Kier molecular flexibility index (Phi) is 3.02. The van der Waals surface area contributed by atoms with E-state index in [2.05, 4.69) is 4.98 Å². The molecule has 0 radical (unpaired) electrons. The lowest BCUT2D eigenvalue weighted by atomic mass is 10.1. The van der Waals surface area contributed by atoms with Gasteiger partial charge in [0.15, 0.2) is 0 Å². The molecule has 2 rings (SSSR count). The van der Waals surface area contributed by atoms with Gasteiger partial charge in [-0.15, -0.1) is 11.3 Å². The van der Waals surface area contributed by atoms with Crippen LogP contribution in [0, 0.1) is 0 Å². The van der Waals surface area contributed by atoms with Crippen molar-refractivity contribution in [3.05, 3.63) is 39.7 Å². The first kappa shape index (κ1) is 11.6. The third-order valence-electron chi connectivity index (χ3n) is 2.17. The van der Waals surface area contributed by atoms with Crippen molar-refractivity contribution in [3.8, 4) is 11.3 Å². The molecule has 16 heavy (non-hydrogen) atoms. The fraction of sp³-hybridized carbons (Fsp3) is 0.250. The number of hydrogen-bond acceptors (Lipinski definition) is 3. The van der Waals surface area contributed by atoms with Gasteiger partial charge in [0.2, 0.25) is 0 Å². The van der Waals surface area contributed by atoms with Crippen molar-refractivity contribution in [3.63, 3.8) is 0 Å². The van der Waals surface area contributed by atoms with Crippen LogP contribution in [0.5, 0.6) is 0 Å². The van der Waals surface area contributed by atoms with E-state index in [1.165, 1.54) is 11.3 Å². The molecule has 0 bridgehead atoms. The number of rotatable bonds is 2. The second kappa shape index (κ2) is 4.17. The number of thiazole rings is 1. The fourth-order valence-corrected chi connectivity index (χ4v) is 2.29. The highest BCUT2D eigenvalue weighted by Crippen LogP contribution is 2.28. The second-order valence-electron chi connectivity index (χ2n) is 4.10. The van der Waals surface area contributed by atoms with Crippen molar-refractivity contribution < 1.29 is 5.11 Å². The van der Waals surface area contributed by atoms with E-state index in [-0.39, 0.29) is 0 Å². The Bertz CT molecular complexity index is 484. The maximum Gasteiger partial charge on any atom is 0.124 e. The summed E-state index contributed by atoms with van der Waals surface area (Å²) >= 11 is 7.28. The minimum absolute atomic E-state index is 0.710. The molecule has 1 N–H and O–H groups in total. The molecule has 0 fully saturated rings. The van der Waals surface area contributed by atoms with Crippen molar-refractivity contribution in [2.24, 2.45) is 0 Å². The van der Waals surface area contributed by atoms with E-state index < -0.39 is 5.60 Å². The maximum absolute atomic E-state index is 9.82. The quantitative estimate of drug-likeness (QED) is 0.886. The number of aliphatic hydroxyl groups is 1. The Morgan fingerprint density at radius 2 is 1.88 bits per heavy atom. The molecule has 1 heterocycles. The first-order chi connectivity index (χ1) is 7.47. The average molecular weight is 254 g/mol. The Hall–Kier alpha value is -0.900. The summed E-state index contributed by atoms with van der Waals surface area (Å²) in [4.78, 5) is 4.41. The van der Waals surface area contributed by atoms with Crippen LogP contribution in [-0.2, 0) is 5.60 Å². The molecule has 0 atom stereocenters. The molecule has 2 nitrogen and oxygen atoms in total. The smallest absolute Gasteiger partial charge is 0.124 e. The van der Waals surface area contributed by atoms with Crippen LogP contribution in [0.4, 0.5) is 0 Å². The van der Waals surface area contributed by atoms with Gasteiger partial charge in [-0.25, -0.2) is 4.98 Å². The molecule has 0 spiro atoms. The number of hydrogen-bond donors (Lipinski definition) is 1. The molecule has 0 saturated heterocycles. The Labute approximate surface area is 104 Å². The van der Waals surface area contributed by atoms with Crippen LogP contribution < -0.4 is 0 Å². The van der Waals surface area contributed by atoms with E-state index in [0.29, 0.717) is 5.02 Å². The minimum atomic E-state index is -0.880. The largest absolute Gasteiger partial charge is 0.383 e. The summed E-state index contributed by atoms with van der Waals surface area (Å²) in [6.45, 7) is 3.47. The van der Waals surface area contributed by atoms with Crippen molar-refractivity contribution >= 4 is 22.9 Å². The summed E-state index contributed by atoms with van der Waals surface area (Å²) in [6.07, 6.45) is 0. The molecular formula is C12H12ClNOS. The van der Waals surface area contributed by atoms with Gasteiger partial charge in [0.05, 0.1) is 5.69 Å². The van der Waals surface area contributed by atoms with Crippen molar-refractivity contribution in [1.82, 2.24) is 4.98 Å². The van der Waals surface area contributed by atoms with Gasteiger partial charge in [-0.2, -0.15) is 0 Å². The number of nitrogens with zero attached hydrogens (tertiary/aromatic N) is 1. The third kappa shape index (κ3) is 2.43. The molecule has 84 valence electrons. The lowest BCUT2D eigenvalue weighted by Gasteiger charge is -2.12. The molecule has 1 aromatic heterocycles. The number of halogens is 1. The Morgan fingerprint density at radius 3 is 2.38 bits per heavy atom. The molecule has 1 aromatic carbocycles. The van der Waals surface area contributed by atoms with Gasteiger partial charge in [-0.3, -0.25) is 0 Å². The van der Waals surface area contributed by atoms with E-state index in [1.54, 1.807) is 13.8 Å². The summed E-state index contributed by atoms with van der Waals surface area (Å²) in [7, 11) is 0. The van der Waals surface area contributed by atoms with Crippen LogP contribution in [0.1, 0.15) is 18.9 Å². The highest BCUT2D eigenvalue weighted by Gasteiger charge is 2.20. The van der Waals surface area contributed by atoms with Crippen molar-refractivity contribution in [2.45, 2.75) is 19.4 Å². The molecule has 0 aliphatic carbocycles. The predicted molar refractivity (Wildman–Crippen MR) is 67.8 cm³/mol. The standard InChI is InChI=1S/C12H12ClNOS/c1-12(2,15)11-14-10(7-16-11)8-3-5-9(13)6-4-8/h3-7,15H,1-2H3. The summed E-state index contributed by atoms with van der Waals surface area (Å²) in [5, 5.41) is 13.2. The monoisotopic (exact) mass is 253 g/mol. The van der Waals surface area contributed by atoms with Crippen molar-refractivity contribution in [2.75, 3.05) is 0 Å². The van der Waals surface area contributed by atoms with Gasteiger partial charge in [0.1, 0.15) is 10.6 Å². The van der Waals surface area contributed by atoms with Crippen LogP contribution in [0.3, 0.4) is 0 Å². The van der Waals surface area contributed by atoms with E-state index in [4.69, 9.17) is 11.6 Å². The molecule has 0 aliphatic heterocycles. The van der Waals surface area contributed by atoms with Gasteiger partial charge < -0.3 is 5.11 Å². The van der Waals surface area contributed by atoms with Crippen LogP contribution in [0.2, 0.25) is 5.02 Å². The molecule has 2 aromatic rings. The lowest BCUT2D eigenvalue weighted by Crippen LogP contribution is -2.14. The minimum Gasteiger partial charge on any atom is -0.383 e. The Balaban J connectivity index is 2.35. The summed E-state index contributed by atoms with van der Waals surface area (Å²) in [5.74, 6) is 0. The first-order valence-corrected chi connectivity index (χ1v) is 6.17. The van der Waals surface area contributed by atoms with Crippen LogP contribution >= 0.6 is 22.9 Å². The maximum atomic E-state index is 9.82. The normalized spacial score (nSPS) is 11.8. The topological polar surface area (TPSA) is 33.1 Å². The predicted octanol–water partition coefficient (Wildman–Crippen LogP) is 3.69. The lowest BCUT2D eigenvalue weighted by molar-refractivity contribution is 0.0783. The first-order valence-electron chi connectivity index (χ1n) is 4.91. The van der Waals surface area contributed by atoms with E-state index in [0.717, 1.165) is 16.3 Å². The molecule has 0 unspecified atom stereocenters. The van der Waals surface area contributed by atoms with Gasteiger partial charge >= 0.3 is 0 Å². The summed E-state index contributed by atoms with van der Waals surface area (Å²) in [5.41, 5.74) is 1.00. The van der Waals surface area contributed by atoms with E-state index in [9.17, 15) is 5.11 Å². The van der Waals surface area contributed by atoms with E-state index >= 15 is 0 Å². The third-order valence-corrected chi connectivity index (χ3v) is 3.57. The number of benzene rings is 1. The second-order valence-corrected chi connectivity index (χ2v) is 5.40. The molecule has 0 aliphatic rings.